The van der Waals surface area contributed by atoms with Crippen molar-refractivity contribution >= 4 is 17.1 Å². The van der Waals surface area contributed by atoms with Crippen LogP contribution in [0.15, 0.2) is 161 Å². The maximum absolute atomic E-state index is 6.46. The number of hydrogen-bond acceptors (Lipinski definition) is 5. The van der Waals surface area contributed by atoms with E-state index >= 15 is 0 Å². The van der Waals surface area contributed by atoms with E-state index in [0.29, 0.717) is 0 Å². The summed E-state index contributed by atoms with van der Waals surface area (Å²) in [5.74, 6) is 3.41. The number of hydrogen-bond donors (Lipinski definition) is 0. The Labute approximate surface area is 359 Å². The molecule has 0 amide bonds. The molecule has 0 unspecified atom stereocenters. The van der Waals surface area contributed by atoms with E-state index in [1.807, 2.05) is 26.2 Å². The van der Waals surface area contributed by atoms with Gasteiger partial charge in [-0.25, -0.2) is 0 Å². The lowest BCUT2D eigenvalue weighted by atomic mass is 9.96. The molecule has 0 saturated carbocycles. The highest BCUT2D eigenvalue weighted by atomic mass is 16.3. The molecule has 0 bridgehead atoms. The Kier molecular flexibility index (Phi) is 10.3. The van der Waals surface area contributed by atoms with Crippen molar-refractivity contribution in [3.8, 4) is 67.4 Å². The summed E-state index contributed by atoms with van der Waals surface area (Å²) >= 11 is 0. The van der Waals surface area contributed by atoms with Crippen LogP contribution in [0.5, 0.6) is 0 Å². The molecular weight excluding hydrogens is 747 g/mol. The minimum Gasteiger partial charge on any atom is -0.461 e. The van der Waals surface area contributed by atoms with Gasteiger partial charge in [-0.3, -0.25) is 9.97 Å². The molecule has 0 aliphatic carbocycles. The summed E-state index contributed by atoms with van der Waals surface area (Å²) in [7, 11) is 0. The van der Waals surface area contributed by atoms with Crippen molar-refractivity contribution < 1.29 is 8.83 Å². The van der Waals surface area contributed by atoms with Gasteiger partial charge >= 0.3 is 0 Å². The molecule has 0 radical (unpaired) electrons. The lowest BCUT2D eigenvalue weighted by Crippen LogP contribution is -2.12. The predicted octanol–water partition coefficient (Wildman–Crippen LogP) is 15.6. The molecule has 4 heterocycles. The Hall–Kier alpha value is -7.24. The van der Waals surface area contributed by atoms with E-state index in [1.54, 1.807) is 0 Å². The molecule has 4 aromatic heterocycles. The maximum atomic E-state index is 6.46. The zero-order valence-electron chi connectivity index (χ0n) is 36.1. The number of nitrogens with zero attached hydrogens (tertiary/aromatic N) is 3. The van der Waals surface area contributed by atoms with Crippen molar-refractivity contribution in [3.05, 3.63) is 197 Å². The van der Waals surface area contributed by atoms with E-state index < -0.39 is 0 Å². The summed E-state index contributed by atoms with van der Waals surface area (Å²) in [6, 6.07) is 49.8. The van der Waals surface area contributed by atoms with E-state index in [2.05, 4.69) is 186 Å². The molecule has 300 valence electrons. The Morgan fingerprint density at radius 2 is 0.820 bits per heavy atom. The molecule has 5 aromatic carbocycles. The van der Waals surface area contributed by atoms with Gasteiger partial charge in [0.15, 0.2) is 0 Å². The van der Waals surface area contributed by atoms with Crippen LogP contribution < -0.4 is 4.90 Å². The van der Waals surface area contributed by atoms with Crippen molar-refractivity contribution in [1.82, 2.24) is 9.97 Å². The first-order chi connectivity index (χ1) is 29.5. The number of furan rings is 2. The fraction of sp³-hybridized carbons (Fsp3) is 0.143. The van der Waals surface area contributed by atoms with Gasteiger partial charge in [-0.1, -0.05) is 72.8 Å². The third-order valence-corrected chi connectivity index (χ3v) is 11.5. The monoisotopic (exact) mass is 795 g/mol. The van der Waals surface area contributed by atoms with Gasteiger partial charge in [0.25, 0.3) is 0 Å². The molecule has 9 aromatic rings. The first kappa shape index (κ1) is 39.2. The molecule has 0 spiro atoms. The zero-order chi connectivity index (χ0) is 42.4. The molecule has 0 aliphatic heterocycles. The quantitative estimate of drug-likeness (QED) is 0.146. The van der Waals surface area contributed by atoms with E-state index in [1.165, 1.54) is 0 Å². The fourth-order valence-electron chi connectivity index (χ4n) is 8.50. The van der Waals surface area contributed by atoms with Crippen LogP contribution in [0.4, 0.5) is 17.1 Å². The topological polar surface area (TPSA) is 55.3 Å². The van der Waals surface area contributed by atoms with Gasteiger partial charge in [0.05, 0.1) is 11.4 Å². The van der Waals surface area contributed by atoms with Crippen LogP contribution >= 0.6 is 0 Å². The average Bonchev–Trinajstić information content (AvgIpc) is 3.80. The van der Waals surface area contributed by atoms with E-state index in [0.717, 1.165) is 129 Å². The zero-order valence-corrected chi connectivity index (χ0v) is 36.1. The lowest BCUT2D eigenvalue weighted by molar-refractivity contribution is 0.547. The largest absolute Gasteiger partial charge is 0.461 e. The molecule has 0 fully saturated rings. The highest BCUT2D eigenvalue weighted by molar-refractivity contribution is 5.89. The van der Waals surface area contributed by atoms with Gasteiger partial charge in [0.1, 0.15) is 23.0 Å². The molecule has 5 heteroatoms. The minimum absolute atomic E-state index is 0.838. The second-order valence-electron chi connectivity index (χ2n) is 16.4. The Bertz CT molecular complexity index is 2880. The Morgan fingerprint density at radius 1 is 0.377 bits per heavy atom. The highest BCUT2D eigenvalue weighted by Gasteiger charge is 2.23. The van der Waals surface area contributed by atoms with Crippen molar-refractivity contribution in [2.24, 2.45) is 0 Å². The van der Waals surface area contributed by atoms with Crippen LogP contribution in [0.1, 0.15) is 44.9 Å². The molecule has 5 nitrogen and oxygen atoms in total. The predicted molar refractivity (Wildman–Crippen MR) is 252 cm³/mol. The Balaban J connectivity index is 1.32. The van der Waals surface area contributed by atoms with E-state index in [9.17, 15) is 0 Å². The van der Waals surface area contributed by atoms with Crippen LogP contribution in [0.25, 0.3) is 67.4 Å². The SMILES string of the molecule is Cc1ccc(C)c(N(c2cc(-c3cc(-c4ccccc4)c(C)cn3)cc(-c3oc(C)cc3C)c2)c2cc(-c3cc(-c4ccccc4)c(C)cn3)cc(-c3oc(C)cc3C)c2)c1. The van der Waals surface area contributed by atoms with Gasteiger partial charge in [-0.2, -0.15) is 0 Å². The van der Waals surface area contributed by atoms with Crippen LogP contribution in [0, 0.1) is 55.4 Å². The number of anilines is 3. The van der Waals surface area contributed by atoms with E-state index in [-0.39, 0.29) is 0 Å². The van der Waals surface area contributed by atoms with Crippen LogP contribution in [-0.4, -0.2) is 9.97 Å². The second kappa shape index (κ2) is 16.1. The molecule has 9 rings (SSSR count). The molecule has 61 heavy (non-hydrogen) atoms. The minimum atomic E-state index is 0.838. The molecule has 0 N–H and O–H groups in total. The standard InChI is InChI=1S/C56H49N3O2/c1-34-19-20-35(2)54(21-34)59(48-26-44(24-46(28-48)55-36(3)22-40(7)60-55)52-30-50(38(5)32-57-52)42-15-11-9-12-16-42)49-27-45(25-47(29-49)56-37(4)23-41(8)61-56)53-31-51(39(6)33-58-53)43-17-13-10-14-18-43/h9-33H,1-8H3. The van der Waals surface area contributed by atoms with Gasteiger partial charge < -0.3 is 13.7 Å². The van der Waals surface area contributed by atoms with Crippen molar-refractivity contribution in [2.45, 2.75) is 55.4 Å². The summed E-state index contributed by atoms with van der Waals surface area (Å²) in [6.07, 6.45) is 3.97. The Morgan fingerprint density at radius 3 is 1.25 bits per heavy atom. The van der Waals surface area contributed by atoms with Gasteiger partial charge in [0.2, 0.25) is 0 Å². The average molecular weight is 796 g/mol. The third-order valence-electron chi connectivity index (χ3n) is 11.5. The smallest absolute Gasteiger partial charge is 0.137 e. The number of pyridine rings is 2. The first-order valence-corrected chi connectivity index (χ1v) is 20.9. The normalized spacial score (nSPS) is 11.3. The third kappa shape index (κ3) is 7.83. The highest BCUT2D eigenvalue weighted by Crippen LogP contribution is 2.45. The molecule has 0 aliphatic rings. The summed E-state index contributed by atoms with van der Waals surface area (Å²) in [5, 5.41) is 0. The second-order valence-corrected chi connectivity index (χ2v) is 16.4. The number of rotatable bonds is 9. The van der Waals surface area contributed by atoms with Crippen molar-refractivity contribution in [1.29, 1.82) is 0 Å². The van der Waals surface area contributed by atoms with E-state index in [4.69, 9.17) is 18.8 Å². The molecular formula is C56H49N3O2. The summed E-state index contributed by atoms with van der Waals surface area (Å²) in [6.45, 7) is 16.8. The molecule has 0 atom stereocenters. The van der Waals surface area contributed by atoms with Crippen LogP contribution in [0.2, 0.25) is 0 Å². The van der Waals surface area contributed by atoms with Gasteiger partial charge in [-0.05, 0) is 178 Å². The van der Waals surface area contributed by atoms with Crippen LogP contribution in [0.3, 0.4) is 0 Å². The van der Waals surface area contributed by atoms with Crippen LogP contribution in [-0.2, 0) is 0 Å². The summed E-state index contributed by atoms with van der Waals surface area (Å²) in [4.78, 5) is 12.5. The molecule has 0 saturated heterocycles. The lowest BCUT2D eigenvalue weighted by Gasteiger charge is -2.29. The number of aryl methyl sites for hydroxylation is 8. The summed E-state index contributed by atoms with van der Waals surface area (Å²) < 4.78 is 12.9. The fourth-order valence-corrected chi connectivity index (χ4v) is 8.50. The van der Waals surface area contributed by atoms with Gasteiger partial charge in [0, 0.05) is 51.7 Å². The number of benzene rings is 5. The number of aromatic nitrogens is 2. The first-order valence-electron chi connectivity index (χ1n) is 20.9. The van der Waals surface area contributed by atoms with Gasteiger partial charge in [-0.15, -0.1) is 0 Å². The van der Waals surface area contributed by atoms with Crippen molar-refractivity contribution in [2.75, 3.05) is 4.90 Å². The van der Waals surface area contributed by atoms with Crippen molar-refractivity contribution in [3.63, 3.8) is 0 Å². The summed E-state index contributed by atoms with van der Waals surface area (Å²) in [5.41, 5.74) is 20.0. The maximum Gasteiger partial charge on any atom is 0.137 e.